The van der Waals surface area contributed by atoms with Crippen molar-refractivity contribution in [2.24, 2.45) is 5.73 Å². The smallest absolute Gasteiger partial charge is 0.235 e. The van der Waals surface area contributed by atoms with Crippen molar-refractivity contribution in [3.63, 3.8) is 0 Å². The first-order valence-corrected chi connectivity index (χ1v) is 6.21. The van der Waals surface area contributed by atoms with Gasteiger partial charge in [0.2, 0.25) is 5.91 Å². The Morgan fingerprint density at radius 1 is 1.47 bits per heavy atom. The zero-order chi connectivity index (χ0) is 13.3. The molecule has 0 fully saturated rings. The van der Waals surface area contributed by atoms with E-state index in [1.807, 2.05) is 25.8 Å². The molecule has 0 aromatic heterocycles. The number of carbonyl (C=O) groups is 1. The van der Waals surface area contributed by atoms with Crippen molar-refractivity contribution in [2.45, 2.75) is 38.6 Å². The minimum atomic E-state index is -0.494. The Labute approximate surface area is 105 Å². The Hall–Kier alpha value is -1.05. The van der Waals surface area contributed by atoms with Crippen LogP contribution in [0.1, 0.15) is 33.1 Å². The third-order valence-electron chi connectivity index (χ3n) is 3.02. The van der Waals surface area contributed by atoms with E-state index in [0.29, 0.717) is 13.1 Å². The van der Waals surface area contributed by atoms with Crippen LogP contribution >= 0.6 is 0 Å². The fourth-order valence-electron chi connectivity index (χ4n) is 1.66. The van der Waals surface area contributed by atoms with Crippen molar-refractivity contribution < 1.29 is 4.79 Å². The lowest BCUT2D eigenvalue weighted by molar-refractivity contribution is -0.123. The van der Waals surface area contributed by atoms with Gasteiger partial charge in [0.15, 0.2) is 0 Å². The Balaban J connectivity index is 4.21. The van der Waals surface area contributed by atoms with Gasteiger partial charge in [0.05, 0.1) is 6.54 Å². The van der Waals surface area contributed by atoms with Crippen LogP contribution in [-0.4, -0.2) is 43.0 Å². The van der Waals surface area contributed by atoms with Gasteiger partial charge in [-0.05, 0) is 39.4 Å². The fourth-order valence-corrected chi connectivity index (χ4v) is 1.66. The molecule has 0 spiro atoms. The van der Waals surface area contributed by atoms with Crippen LogP contribution < -0.4 is 11.1 Å². The van der Waals surface area contributed by atoms with E-state index in [9.17, 15) is 4.79 Å². The van der Waals surface area contributed by atoms with Gasteiger partial charge in [0.25, 0.3) is 0 Å². The lowest BCUT2D eigenvalue weighted by atomic mass is 9.94. The molecule has 0 radical (unpaired) electrons. The molecule has 0 saturated carbocycles. The summed E-state index contributed by atoms with van der Waals surface area (Å²) in [6, 6.07) is 0. The van der Waals surface area contributed by atoms with Gasteiger partial charge >= 0.3 is 0 Å². The summed E-state index contributed by atoms with van der Waals surface area (Å²) in [5.41, 5.74) is 4.93. The standard InChI is InChI=1S/C13H25N3O/c1-5-13(6-2,7-3)15-12(17)11-16(4)10-8-9-14/h1H,6-11,14H2,2-4H3,(H,15,17). The first-order chi connectivity index (χ1) is 8.03. The predicted octanol–water partition coefficient (Wildman–Crippen LogP) is 0.575. The second-order valence-corrected chi connectivity index (χ2v) is 4.36. The Morgan fingerprint density at radius 3 is 2.47 bits per heavy atom. The lowest BCUT2D eigenvalue weighted by Gasteiger charge is -2.28. The zero-order valence-electron chi connectivity index (χ0n) is 11.3. The van der Waals surface area contributed by atoms with E-state index >= 15 is 0 Å². The van der Waals surface area contributed by atoms with Crippen LogP contribution in [0, 0.1) is 12.3 Å². The van der Waals surface area contributed by atoms with Crippen LogP contribution in [0.25, 0.3) is 0 Å². The Kier molecular flexibility index (Phi) is 7.60. The van der Waals surface area contributed by atoms with Crippen molar-refractivity contribution in [1.29, 1.82) is 0 Å². The van der Waals surface area contributed by atoms with E-state index in [1.165, 1.54) is 0 Å². The van der Waals surface area contributed by atoms with E-state index in [-0.39, 0.29) is 5.91 Å². The summed E-state index contributed by atoms with van der Waals surface area (Å²) in [5, 5.41) is 2.94. The maximum absolute atomic E-state index is 11.8. The van der Waals surface area contributed by atoms with Gasteiger partial charge in [-0.2, -0.15) is 0 Å². The minimum Gasteiger partial charge on any atom is -0.339 e. The van der Waals surface area contributed by atoms with Crippen LogP contribution in [0.15, 0.2) is 0 Å². The molecule has 4 heteroatoms. The van der Waals surface area contributed by atoms with Crippen LogP contribution in [0.4, 0.5) is 0 Å². The first kappa shape index (κ1) is 16.0. The van der Waals surface area contributed by atoms with E-state index in [1.54, 1.807) is 0 Å². The molecule has 0 aromatic rings. The van der Waals surface area contributed by atoms with Gasteiger partial charge in [-0.25, -0.2) is 0 Å². The quantitative estimate of drug-likeness (QED) is 0.609. The topological polar surface area (TPSA) is 58.4 Å². The first-order valence-electron chi connectivity index (χ1n) is 6.21. The molecule has 0 bridgehead atoms. The average molecular weight is 239 g/mol. The highest BCUT2D eigenvalue weighted by Gasteiger charge is 2.25. The molecule has 0 saturated heterocycles. The normalized spacial score (nSPS) is 11.3. The summed E-state index contributed by atoms with van der Waals surface area (Å²) >= 11 is 0. The van der Waals surface area contributed by atoms with Crippen molar-refractivity contribution in [1.82, 2.24) is 10.2 Å². The van der Waals surface area contributed by atoms with Gasteiger partial charge in [-0.15, -0.1) is 6.42 Å². The summed E-state index contributed by atoms with van der Waals surface area (Å²) in [6.07, 6.45) is 7.88. The molecule has 0 unspecified atom stereocenters. The molecule has 0 atom stereocenters. The third-order valence-corrected chi connectivity index (χ3v) is 3.02. The highest BCUT2D eigenvalue weighted by molar-refractivity contribution is 5.79. The molecule has 0 aromatic carbocycles. The molecule has 0 heterocycles. The summed E-state index contributed by atoms with van der Waals surface area (Å²) in [7, 11) is 1.91. The number of carbonyl (C=O) groups excluding carboxylic acids is 1. The molecular formula is C13H25N3O. The summed E-state index contributed by atoms with van der Waals surface area (Å²) in [4.78, 5) is 13.8. The van der Waals surface area contributed by atoms with Gasteiger partial charge in [0.1, 0.15) is 5.54 Å². The second-order valence-electron chi connectivity index (χ2n) is 4.36. The van der Waals surface area contributed by atoms with Gasteiger partial charge in [0, 0.05) is 0 Å². The third kappa shape index (κ3) is 5.71. The molecule has 1 amide bonds. The second kappa shape index (κ2) is 8.10. The molecule has 0 aliphatic rings. The molecule has 3 N–H and O–H groups in total. The molecular weight excluding hydrogens is 214 g/mol. The van der Waals surface area contributed by atoms with Crippen molar-refractivity contribution in [3.8, 4) is 12.3 Å². The largest absolute Gasteiger partial charge is 0.339 e. The predicted molar refractivity (Wildman–Crippen MR) is 71.5 cm³/mol. The van der Waals surface area contributed by atoms with E-state index in [4.69, 9.17) is 12.2 Å². The number of hydrogen-bond donors (Lipinski definition) is 2. The number of hydrogen-bond acceptors (Lipinski definition) is 3. The van der Waals surface area contributed by atoms with Crippen molar-refractivity contribution >= 4 is 5.91 Å². The van der Waals surface area contributed by atoms with Crippen LogP contribution in [0.2, 0.25) is 0 Å². The molecule has 98 valence electrons. The van der Waals surface area contributed by atoms with Gasteiger partial charge in [-0.3, -0.25) is 9.69 Å². The summed E-state index contributed by atoms with van der Waals surface area (Å²) in [5.74, 6) is 2.67. The number of rotatable bonds is 8. The van der Waals surface area contributed by atoms with E-state index in [2.05, 4.69) is 11.2 Å². The number of nitrogens with zero attached hydrogens (tertiary/aromatic N) is 1. The van der Waals surface area contributed by atoms with Crippen LogP contribution in [0.5, 0.6) is 0 Å². The highest BCUT2D eigenvalue weighted by atomic mass is 16.2. The van der Waals surface area contributed by atoms with E-state index in [0.717, 1.165) is 25.8 Å². The number of terminal acetylenes is 1. The van der Waals surface area contributed by atoms with Crippen LogP contribution in [-0.2, 0) is 4.79 Å². The summed E-state index contributed by atoms with van der Waals surface area (Å²) < 4.78 is 0. The molecule has 0 aliphatic carbocycles. The monoisotopic (exact) mass is 239 g/mol. The Bertz CT molecular complexity index is 266. The van der Waals surface area contributed by atoms with Crippen LogP contribution in [0.3, 0.4) is 0 Å². The van der Waals surface area contributed by atoms with Crippen molar-refractivity contribution in [3.05, 3.63) is 0 Å². The maximum Gasteiger partial charge on any atom is 0.235 e. The number of nitrogens with one attached hydrogen (secondary N) is 1. The Morgan fingerprint density at radius 2 is 2.06 bits per heavy atom. The molecule has 0 aliphatic heterocycles. The van der Waals surface area contributed by atoms with Gasteiger partial charge in [-0.1, -0.05) is 19.8 Å². The lowest BCUT2D eigenvalue weighted by Crippen LogP contribution is -2.49. The average Bonchev–Trinajstić information content (AvgIpc) is 2.33. The molecule has 17 heavy (non-hydrogen) atoms. The van der Waals surface area contributed by atoms with E-state index < -0.39 is 5.54 Å². The number of amides is 1. The van der Waals surface area contributed by atoms with Crippen molar-refractivity contribution in [2.75, 3.05) is 26.7 Å². The summed E-state index contributed by atoms with van der Waals surface area (Å²) in [6.45, 7) is 5.81. The number of nitrogens with two attached hydrogens (primary N) is 1. The fraction of sp³-hybridized carbons (Fsp3) is 0.769. The van der Waals surface area contributed by atoms with Gasteiger partial charge < -0.3 is 11.1 Å². The highest BCUT2D eigenvalue weighted by Crippen LogP contribution is 2.13. The minimum absolute atomic E-state index is 0.0221. The molecule has 0 rings (SSSR count). The number of likely N-dealkylation sites (N-methyl/N-ethyl adjacent to an activating group) is 1. The molecule has 4 nitrogen and oxygen atoms in total. The maximum atomic E-state index is 11.8. The SMILES string of the molecule is C#CC(CC)(CC)NC(=O)CN(C)CCCN. The zero-order valence-corrected chi connectivity index (χ0v) is 11.3.